The molecule has 0 heterocycles. The van der Waals surface area contributed by atoms with Gasteiger partial charge in [-0.15, -0.1) is 0 Å². The van der Waals surface area contributed by atoms with Crippen molar-refractivity contribution in [1.82, 2.24) is 0 Å². The molecule has 0 saturated heterocycles. The number of unbranched alkanes of at least 4 members (excludes halogenated alkanes) is 4. The predicted molar refractivity (Wildman–Crippen MR) is 94.9 cm³/mol. The van der Waals surface area contributed by atoms with Crippen LogP contribution in [0.1, 0.15) is 44.6 Å². The summed E-state index contributed by atoms with van der Waals surface area (Å²) >= 11 is 0. The summed E-state index contributed by atoms with van der Waals surface area (Å²) in [6.07, 6.45) is 8.67. The molecule has 3 nitrogen and oxygen atoms in total. The second-order valence-electron chi connectivity index (χ2n) is 5.64. The second kappa shape index (κ2) is 8.99. The average Bonchev–Trinajstić information content (AvgIpc) is 2.56. The van der Waals surface area contributed by atoms with Crippen molar-refractivity contribution in [2.45, 2.75) is 39.0 Å². The maximum Gasteiger partial charge on any atom is 0.328 e. The lowest BCUT2D eigenvalue weighted by Gasteiger charge is -2.12. The molecular weight excluding hydrogens is 288 g/mol. The lowest BCUT2D eigenvalue weighted by molar-refractivity contribution is -0.131. The second-order valence-corrected chi connectivity index (χ2v) is 5.64. The Bertz CT molecular complexity index is 674. The third-order valence-electron chi connectivity index (χ3n) is 3.81. The van der Waals surface area contributed by atoms with E-state index < -0.39 is 5.97 Å². The fourth-order valence-corrected chi connectivity index (χ4v) is 2.59. The minimum absolute atomic E-state index is 0.658. The summed E-state index contributed by atoms with van der Waals surface area (Å²) in [5.41, 5.74) is 0.805. The molecule has 0 aliphatic heterocycles. The minimum Gasteiger partial charge on any atom is -0.492 e. The van der Waals surface area contributed by atoms with E-state index in [0.717, 1.165) is 34.6 Å². The van der Waals surface area contributed by atoms with Gasteiger partial charge in [0.2, 0.25) is 0 Å². The van der Waals surface area contributed by atoms with Crippen molar-refractivity contribution in [2.75, 3.05) is 6.61 Å². The zero-order valence-corrected chi connectivity index (χ0v) is 13.6. The number of fused-ring (bicyclic) bond motifs is 1. The number of rotatable bonds is 9. The number of carboxylic acid groups (broad SMARTS) is 1. The van der Waals surface area contributed by atoms with Crippen LogP contribution in [0.25, 0.3) is 16.8 Å². The van der Waals surface area contributed by atoms with E-state index >= 15 is 0 Å². The summed E-state index contributed by atoms with van der Waals surface area (Å²) in [6.45, 7) is 2.86. The van der Waals surface area contributed by atoms with Crippen LogP contribution >= 0.6 is 0 Å². The van der Waals surface area contributed by atoms with Crippen LogP contribution in [0.2, 0.25) is 0 Å². The first-order valence-electron chi connectivity index (χ1n) is 8.28. The Kier molecular flexibility index (Phi) is 6.67. The highest BCUT2D eigenvalue weighted by atomic mass is 16.5. The summed E-state index contributed by atoms with van der Waals surface area (Å²) < 4.78 is 6.02. The Morgan fingerprint density at radius 2 is 1.87 bits per heavy atom. The summed E-state index contributed by atoms with van der Waals surface area (Å²) in [4.78, 5) is 10.8. The van der Waals surface area contributed by atoms with Crippen molar-refractivity contribution in [1.29, 1.82) is 0 Å². The Balaban J connectivity index is 2.16. The summed E-state index contributed by atoms with van der Waals surface area (Å²) in [5, 5.41) is 11.0. The Morgan fingerprint density at radius 3 is 2.65 bits per heavy atom. The van der Waals surface area contributed by atoms with E-state index in [1.165, 1.54) is 25.7 Å². The smallest absolute Gasteiger partial charge is 0.328 e. The van der Waals surface area contributed by atoms with Crippen LogP contribution in [-0.4, -0.2) is 17.7 Å². The molecule has 0 saturated carbocycles. The van der Waals surface area contributed by atoms with Gasteiger partial charge in [0, 0.05) is 17.0 Å². The number of aliphatic carboxylic acids is 1. The normalized spacial score (nSPS) is 11.2. The first-order chi connectivity index (χ1) is 11.2. The lowest BCUT2D eigenvalue weighted by atomic mass is 10.0. The summed E-state index contributed by atoms with van der Waals surface area (Å²) in [7, 11) is 0. The molecule has 122 valence electrons. The van der Waals surface area contributed by atoms with Crippen LogP contribution in [0.5, 0.6) is 5.75 Å². The monoisotopic (exact) mass is 312 g/mol. The molecule has 0 unspecified atom stereocenters. The first-order valence-corrected chi connectivity index (χ1v) is 8.28. The molecule has 23 heavy (non-hydrogen) atoms. The predicted octanol–water partition coefficient (Wildman–Crippen LogP) is 5.29. The average molecular weight is 312 g/mol. The van der Waals surface area contributed by atoms with Gasteiger partial charge >= 0.3 is 5.97 Å². The van der Waals surface area contributed by atoms with Crippen molar-refractivity contribution in [3.05, 3.63) is 48.0 Å². The Morgan fingerprint density at radius 1 is 1.09 bits per heavy atom. The third kappa shape index (κ3) is 5.13. The van der Waals surface area contributed by atoms with Crippen molar-refractivity contribution >= 4 is 22.8 Å². The van der Waals surface area contributed by atoms with Gasteiger partial charge in [0.15, 0.2) is 0 Å². The molecule has 0 amide bonds. The molecule has 0 aliphatic carbocycles. The largest absolute Gasteiger partial charge is 0.492 e. The van der Waals surface area contributed by atoms with Gasteiger partial charge in [0.1, 0.15) is 5.75 Å². The molecule has 3 heteroatoms. The van der Waals surface area contributed by atoms with E-state index in [1.54, 1.807) is 6.08 Å². The molecular formula is C20H24O3. The number of ether oxygens (including phenoxy) is 1. The summed E-state index contributed by atoms with van der Waals surface area (Å²) in [6, 6.07) is 11.9. The van der Waals surface area contributed by atoms with Gasteiger partial charge in [-0.25, -0.2) is 4.79 Å². The minimum atomic E-state index is -0.955. The molecule has 0 aromatic heterocycles. The standard InChI is InChI=1S/C20H24O3/c1-2-3-4-5-8-15-23-20-17(13-14-19(21)22)12-11-16-9-6-7-10-18(16)20/h6-7,9-14H,2-5,8,15H2,1H3,(H,21,22)/b14-13+. The van der Waals surface area contributed by atoms with Gasteiger partial charge < -0.3 is 9.84 Å². The molecule has 1 N–H and O–H groups in total. The van der Waals surface area contributed by atoms with Crippen molar-refractivity contribution in [3.8, 4) is 5.75 Å². The number of benzene rings is 2. The molecule has 2 rings (SSSR count). The molecule has 2 aromatic rings. The molecule has 0 radical (unpaired) electrons. The maximum absolute atomic E-state index is 10.8. The van der Waals surface area contributed by atoms with E-state index in [4.69, 9.17) is 9.84 Å². The van der Waals surface area contributed by atoms with Crippen LogP contribution in [-0.2, 0) is 4.79 Å². The topological polar surface area (TPSA) is 46.5 Å². The van der Waals surface area contributed by atoms with Gasteiger partial charge in [0.25, 0.3) is 0 Å². The van der Waals surface area contributed by atoms with Gasteiger partial charge in [0.05, 0.1) is 6.61 Å². The van der Waals surface area contributed by atoms with Crippen LogP contribution in [0.15, 0.2) is 42.5 Å². The molecule has 0 fully saturated rings. The third-order valence-corrected chi connectivity index (χ3v) is 3.81. The zero-order valence-electron chi connectivity index (χ0n) is 13.6. The molecule has 0 aliphatic rings. The van der Waals surface area contributed by atoms with Crippen LogP contribution in [0.4, 0.5) is 0 Å². The van der Waals surface area contributed by atoms with Gasteiger partial charge in [-0.1, -0.05) is 69.0 Å². The molecule has 0 bridgehead atoms. The van der Waals surface area contributed by atoms with E-state index in [0.29, 0.717) is 6.61 Å². The highest BCUT2D eigenvalue weighted by Crippen LogP contribution is 2.31. The van der Waals surface area contributed by atoms with E-state index in [1.807, 2.05) is 36.4 Å². The van der Waals surface area contributed by atoms with Crippen LogP contribution < -0.4 is 4.74 Å². The van der Waals surface area contributed by atoms with E-state index in [2.05, 4.69) is 6.92 Å². The maximum atomic E-state index is 10.8. The van der Waals surface area contributed by atoms with Crippen LogP contribution in [0.3, 0.4) is 0 Å². The summed E-state index contributed by atoms with van der Waals surface area (Å²) in [5.74, 6) is -0.181. The number of carboxylic acids is 1. The number of hydrogen-bond donors (Lipinski definition) is 1. The van der Waals surface area contributed by atoms with E-state index in [9.17, 15) is 4.79 Å². The highest BCUT2D eigenvalue weighted by Gasteiger charge is 2.07. The van der Waals surface area contributed by atoms with Crippen LogP contribution in [0, 0.1) is 0 Å². The van der Waals surface area contributed by atoms with Crippen molar-refractivity contribution in [2.24, 2.45) is 0 Å². The van der Waals surface area contributed by atoms with E-state index in [-0.39, 0.29) is 0 Å². The number of carbonyl (C=O) groups is 1. The van der Waals surface area contributed by atoms with Gasteiger partial charge in [-0.2, -0.15) is 0 Å². The van der Waals surface area contributed by atoms with Gasteiger partial charge in [-0.3, -0.25) is 0 Å². The Hall–Kier alpha value is -2.29. The van der Waals surface area contributed by atoms with Gasteiger partial charge in [-0.05, 0) is 17.9 Å². The molecule has 2 aromatic carbocycles. The molecule has 0 spiro atoms. The number of hydrogen-bond acceptors (Lipinski definition) is 2. The zero-order chi connectivity index (χ0) is 16.5. The van der Waals surface area contributed by atoms with Crippen molar-refractivity contribution < 1.29 is 14.6 Å². The fraction of sp³-hybridized carbons (Fsp3) is 0.350. The van der Waals surface area contributed by atoms with Crippen molar-refractivity contribution in [3.63, 3.8) is 0 Å². The first kappa shape index (κ1) is 17.1. The lowest BCUT2D eigenvalue weighted by Crippen LogP contribution is -2.00. The quantitative estimate of drug-likeness (QED) is 0.505. The highest BCUT2D eigenvalue weighted by molar-refractivity contribution is 5.93. The Labute approximate surface area is 137 Å². The molecule has 0 atom stereocenters. The fourth-order valence-electron chi connectivity index (χ4n) is 2.59. The SMILES string of the molecule is CCCCCCCOc1c(/C=C/C(=O)O)ccc2ccccc12.